The lowest BCUT2D eigenvalue weighted by Gasteiger charge is -2.23. The highest BCUT2D eigenvalue weighted by Gasteiger charge is 2.25. The van der Waals surface area contributed by atoms with Crippen LogP contribution >= 0.6 is 0 Å². The SMILES string of the molecule is COCC(C)NC(=O)C1=NN(c2ccccc2)C(=O)CC1. The molecule has 0 bridgehead atoms. The summed E-state index contributed by atoms with van der Waals surface area (Å²) in [4.78, 5) is 24.1. The third kappa shape index (κ3) is 3.88. The van der Waals surface area contributed by atoms with Crippen LogP contribution in [0.4, 0.5) is 5.69 Å². The van der Waals surface area contributed by atoms with Crippen LogP contribution in [0.25, 0.3) is 0 Å². The summed E-state index contributed by atoms with van der Waals surface area (Å²) >= 11 is 0. The summed E-state index contributed by atoms with van der Waals surface area (Å²) in [6.07, 6.45) is 0.632. The van der Waals surface area contributed by atoms with E-state index in [9.17, 15) is 9.59 Å². The average molecular weight is 289 g/mol. The summed E-state index contributed by atoms with van der Waals surface area (Å²) in [5.74, 6) is -0.365. The van der Waals surface area contributed by atoms with Crippen LogP contribution in [0.15, 0.2) is 35.4 Å². The number of hydrogen-bond acceptors (Lipinski definition) is 4. The molecular formula is C15H19N3O3. The Labute approximate surface area is 123 Å². The van der Waals surface area contributed by atoms with Crippen molar-refractivity contribution in [3.63, 3.8) is 0 Å². The van der Waals surface area contributed by atoms with Gasteiger partial charge in [-0.25, -0.2) is 5.01 Å². The van der Waals surface area contributed by atoms with Crippen molar-refractivity contribution in [2.45, 2.75) is 25.8 Å². The number of carbonyl (C=O) groups is 2. The standard InChI is InChI=1S/C15H19N3O3/c1-11(10-21-2)16-15(20)13-8-9-14(19)18(17-13)12-6-4-3-5-7-12/h3-7,11H,8-10H2,1-2H3,(H,16,20). The molecule has 0 radical (unpaired) electrons. The van der Waals surface area contributed by atoms with Crippen molar-refractivity contribution in [2.24, 2.45) is 5.10 Å². The van der Waals surface area contributed by atoms with E-state index in [2.05, 4.69) is 10.4 Å². The van der Waals surface area contributed by atoms with Gasteiger partial charge in [0, 0.05) is 26.0 Å². The summed E-state index contributed by atoms with van der Waals surface area (Å²) in [5, 5.41) is 8.29. The zero-order valence-electron chi connectivity index (χ0n) is 12.2. The van der Waals surface area contributed by atoms with Gasteiger partial charge in [-0.2, -0.15) is 5.10 Å². The number of nitrogens with one attached hydrogen (secondary N) is 1. The minimum Gasteiger partial charge on any atom is -0.383 e. The Hall–Kier alpha value is -2.21. The molecule has 1 atom stereocenters. The van der Waals surface area contributed by atoms with E-state index in [1.54, 1.807) is 19.2 Å². The first-order valence-corrected chi connectivity index (χ1v) is 6.87. The maximum absolute atomic E-state index is 12.1. The fourth-order valence-electron chi connectivity index (χ4n) is 2.09. The van der Waals surface area contributed by atoms with Gasteiger partial charge in [0.25, 0.3) is 5.91 Å². The van der Waals surface area contributed by atoms with Crippen LogP contribution in [0.2, 0.25) is 0 Å². The van der Waals surface area contributed by atoms with Gasteiger partial charge in [0.2, 0.25) is 5.91 Å². The number of ether oxygens (including phenoxy) is 1. The molecule has 1 N–H and O–H groups in total. The van der Waals surface area contributed by atoms with Crippen molar-refractivity contribution < 1.29 is 14.3 Å². The van der Waals surface area contributed by atoms with Gasteiger partial charge in [-0.15, -0.1) is 0 Å². The van der Waals surface area contributed by atoms with Crippen molar-refractivity contribution in [3.05, 3.63) is 30.3 Å². The molecule has 1 unspecified atom stereocenters. The molecule has 1 aromatic rings. The number of methoxy groups -OCH3 is 1. The highest BCUT2D eigenvalue weighted by atomic mass is 16.5. The van der Waals surface area contributed by atoms with Crippen LogP contribution in [0.5, 0.6) is 0 Å². The topological polar surface area (TPSA) is 71.0 Å². The number of hydrazone groups is 1. The number of anilines is 1. The summed E-state index contributed by atoms with van der Waals surface area (Å²) in [5.41, 5.74) is 1.03. The predicted octanol–water partition coefficient (Wildman–Crippen LogP) is 1.32. The first-order valence-electron chi connectivity index (χ1n) is 6.87. The molecule has 112 valence electrons. The van der Waals surface area contributed by atoms with E-state index in [0.29, 0.717) is 24.4 Å². The molecule has 1 heterocycles. The monoisotopic (exact) mass is 289 g/mol. The second-order valence-corrected chi connectivity index (χ2v) is 4.92. The van der Waals surface area contributed by atoms with E-state index in [4.69, 9.17) is 4.74 Å². The van der Waals surface area contributed by atoms with E-state index in [1.807, 2.05) is 25.1 Å². The van der Waals surface area contributed by atoms with E-state index in [1.165, 1.54) is 5.01 Å². The first kappa shape index (κ1) is 15.2. The summed E-state index contributed by atoms with van der Waals surface area (Å²) in [6, 6.07) is 8.99. The number of hydrogen-bond donors (Lipinski definition) is 1. The van der Waals surface area contributed by atoms with Crippen LogP contribution < -0.4 is 10.3 Å². The fourth-order valence-corrected chi connectivity index (χ4v) is 2.09. The molecule has 2 amide bonds. The van der Waals surface area contributed by atoms with Gasteiger partial charge in [0.15, 0.2) is 0 Å². The highest BCUT2D eigenvalue weighted by Crippen LogP contribution is 2.19. The number of nitrogens with zero attached hydrogens (tertiary/aromatic N) is 2. The zero-order valence-corrected chi connectivity index (χ0v) is 12.2. The summed E-state index contributed by atoms with van der Waals surface area (Å²) in [6.45, 7) is 2.28. The van der Waals surface area contributed by atoms with Crippen molar-refractivity contribution in [2.75, 3.05) is 18.7 Å². The maximum Gasteiger partial charge on any atom is 0.267 e. The lowest BCUT2D eigenvalue weighted by atomic mass is 10.1. The average Bonchev–Trinajstić information content (AvgIpc) is 2.48. The van der Waals surface area contributed by atoms with E-state index >= 15 is 0 Å². The van der Waals surface area contributed by atoms with Crippen LogP contribution in [0.1, 0.15) is 19.8 Å². The van der Waals surface area contributed by atoms with Gasteiger partial charge in [0.1, 0.15) is 5.71 Å². The van der Waals surface area contributed by atoms with Crippen molar-refractivity contribution >= 4 is 23.2 Å². The highest BCUT2D eigenvalue weighted by molar-refractivity contribution is 6.40. The fraction of sp³-hybridized carbons (Fsp3) is 0.400. The Balaban J connectivity index is 2.13. The van der Waals surface area contributed by atoms with Crippen LogP contribution in [-0.2, 0) is 14.3 Å². The minimum absolute atomic E-state index is 0.104. The first-order chi connectivity index (χ1) is 10.1. The van der Waals surface area contributed by atoms with Gasteiger partial charge >= 0.3 is 0 Å². The predicted molar refractivity (Wildman–Crippen MR) is 80.1 cm³/mol. The molecule has 2 rings (SSSR count). The van der Waals surface area contributed by atoms with E-state index in [0.717, 1.165) is 0 Å². The molecule has 0 spiro atoms. The normalized spacial score (nSPS) is 16.4. The summed E-state index contributed by atoms with van der Waals surface area (Å²) < 4.78 is 4.98. The smallest absolute Gasteiger partial charge is 0.267 e. The van der Waals surface area contributed by atoms with Crippen molar-refractivity contribution in [1.29, 1.82) is 0 Å². The molecule has 0 saturated heterocycles. The molecule has 6 nitrogen and oxygen atoms in total. The third-order valence-corrected chi connectivity index (χ3v) is 3.09. The maximum atomic E-state index is 12.1. The molecule has 6 heteroatoms. The number of carbonyl (C=O) groups excluding carboxylic acids is 2. The lowest BCUT2D eigenvalue weighted by Crippen LogP contribution is -2.43. The third-order valence-electron chi connectivity index (χ3n) is 3.09. The van der Waals surface area contributed by atoms with E-state index < -0.39 is 0 Å². The molecular weight excluding hydrogens is 270 g/mol. The molecule has 0 aliphatic carbocycles. The minimum atomic E-state index is -0.256. The molecule has 1 aliphatic heterocycles. The Morgan fingerprint density at radius 2 is 2.10 bits per heavy atom. The van der Waals surface area contributed by atoms with Gasteiger partial charge < -0.3 is 10.1 Å². The molecule has 0 fully saturated rings. The number of benzene rings is 1. The van der Waals surface area contributed by atoms with Gasteiger partial charge in [-0.1, -0.05) is 18.2 Å². The Morgan fingerprint density at radius 1 is 1.38 bits per heavy atom. The Bertz CT molecular complexity index is 542. The molecule has 1 aliphatic rings. The lowest BCUT2D eigenvalue weighted by molar-refractivity contribution is -0.119. The van der Waals surface area contributed by atoms with Crippen LogP contribution in [-0.4, -0.2) is 37.3 Å². The largest absolute Gasteiger partial charge is 0.383 e. The molecule has 0 aromatic heterocycles. The van der Waals surface area contributed by atoms with Crippen LogP contribution in [0.3, 0.4) is 0 Å². The molecule has 0 saturated carbocycles. The number of para-hydroxylation sites is 1. The van der Waals surface area contributed by atoms with Crippen molar-refractivity contribution in [1.82, 2.24) is 5.32 Å². The number of amides is 2. The second-order valence-electron chi connectivity index (χ2n) is 4.92. The summed E-state index contributed by atoms with van der Waals surface area (Å²) in [7, 11) is 1.58. The van der Waals surface area contributed by atoms with Gasteiger partial charge in [-0.05, 0) is 19.1 Å². The van der Waals surface area contributed by atoms with E-state index in [-0.39, 0.29) is 24.3 Å². The Morgan fingerprint density at radius 3 is 2.76 bits per heavy atom. The number of rotatable bonds is 5. The molecule has 1 aromatic carbocycles. The van der Waals surface area contributed by atoms with Gasteiger partial charge in [0.05, 0.1) is 12.3 Å². The zero-order chi connectivity index (χ0) is 15.2. The van der Waals surface area contributed by atoms with Crippen LogP contribution in [0, 0.1) is 0 Å². The quantitative estimate of drug-likeness (QED) is 0.888. The molecule has 21 heavy (non-hydrogen) atoms. The van der Waals surface area contributed by atoms with Crippen molar-refractivity contribution in [3.8, 4) is 0 Å². The van der Waals surface area contributed by atoms with Gasteiger partial charge in [-0.3, -0.25) is 9.59 Å². The Kier molecular flexibility index (Phi) is 5.05. The second kappa shape index (κ2) is 6.99.